The van der Waals surface area contributed by atoms with E-state index in [1.807, 2.05) is 42.5 Å². The van der Waals surface area contributed by atoms with Crippen molar-refractivity contribution >= 4 is 43.6 Å². The van der Waals surface area contributed by atoms with Crippen LogP contribution < -0.4 is 0 Å². The van der Waals surface area contributed by atoms with Crippen LogP contribution in [0.1, 0.15) is 11.1 Å². The molecule has 0 saturated carbocycles. The van der Waals surface area contributed by atoms with Crippen molar-refractivity contribution in [2.45, 2.75) is 0 Å². The van der Waals surface area contributed by atoms with Gasteiger partial charge in [-0.2, -0.15) is 10.5 Å². The maximum absolute atomic E-state index is 10.1. The molecule has 42 heavy (non-hydrogen) atoms. The van der Waals surface area contributed by atoms with E-state index < -0.39 is 0 Å². The summed E-state index contributed by atoms with van der Waals surface area (Å²) in [4.78, 5) is 0. The van der Waals surface area contributed by atoms with Crippen LogP contribution in [-0.2, 0) is 0 Å². The summed E-state index contributed by atoms with van der Waals surface area (Å²) in [5, 5.41) is 24.1. The Kier molecular flexibility index (Phi) is 5.22. The van der Waals surface area contributed by atoms with Gasteiger partial charge in [0, 0.05) is 38.5 Å². The maximum atomic E-state index is 10.1. The molecule has 4 nitrogen and oxygen atoms in total. The molecule has 0 radical (unpaired) electrons. The van der Waals surface area contributed by atoms with Crippen LogP contribution in [0.3, 0.4) is 0 Å². The molecule has 2 heterocycles. The summed E-state index contributed by atoms with van der Waals surface area (Å²) in [5.41, 5.74) is 9.55. The average molecular weight is 535 g/mol. The fraction of sp³-hybridized carbons (Fsp3) is 0. The number of hydrogen-bond donors (Lipinski definition) is 0. The fourth-order valence-electron chi connectivity index (χ4n) is 6.32. The normalized spacial score (nSPS) is 11.3. The van der Waals surface area contributed by atoms with E-state index in [0.29, 0.717) is 11.1 Å². The summed E-state index contributed by atoms with van der Waals surface area (Å²) in [6.07, 6.45) is 0. The lowest BCUT2D eigenvalue weighted by atomic mass is 9.99. The van der Waals surface area contributed by atoms with Crippen molar-refractivity contribution in [2.24, 2.45) is 0 Å². The molecule has 0 aliphatic heterocycles. The molecule has 2 aromatic heterocycles. The van der Waals surface area contributed by atoms with Gasteiger partial charge in [-0.15, -0.1) is 0 Å². The third-order valence-corrected chi connectivity index (χ3v) is 8.20. The van der Waals surface area contributed by atoms with Crippen LogP contribution in [0.25, 0.3) is 66.1 Å². The van der Waals surface area contributed by atoms with Crippen molar-refractivity contribution < 1.29 is 0 Å². The van der Waals surface area contributed by atoms with Crippen molar-refractivity contribution in [1.82, 2.24) is 9.13 Å². The van der Waals surface area contributed by atoms with Gasteiger partial charge in [-0.3, -0.25) is 0 Å². The third kappa shape index (κ3) is 3.47. The molecule has 0 saturated heterocycles. The second kappa shape index (κ2) is 9.24. The van der Waals surface area contributed by atoms with Gasteiger partial charge >= 0.3 is 0 Å². The zero-order valence-electron chi connectivity index (χ0n) is 22.5. The first-order valence-corrected chi connectivity index (χ1v) is 13.8. The number of nitriles is 2. The summed E-state index contributed by atoms with van der Waals surface area (Å²) >= 11 is 0. The molecule has 0 amide bonds. The van der Waals surface area contributed by atoms with Gasteiger partial charge in [-0.05, 0) is 72.3 Å². The lowest BCUT2D eigenvalue weighted by Gasteiger charge is -2.13. The van der Waals surface area contributed by atoms with E-state index in [2.05, 4.69) is 112 Å². The summed E-state index contributed by atoms with van der Waals surface area (Å²) in [7, 11) is 0. The summed E-state index contributed by atoms with van der Waals surface area (Å²) in [6, 6.07) is 50.1. The Balaban J connectivity index is 1.29. The van der Waals surface area contributed by atoms with Crippen molar-refractivity contribution in [3.63, 3.8) is 0 Å². The molecule has 4 heteroatoms. The molecule has 0 aliphatic rings. The van der Waals surface area contributed by atoms with E-state index in [9.17, 15) is 10.5 Å². The molecule has 0 bridgehead atoms. The maximum Gasteiger partial charge on any atom is 0.0998 e. The highest BCUT2D eigenvalue weighted by atomic mass is 15.0. The molecule has 6 aromatic carbocycles. The van der Waals surface area contributed by atoms with Gasteiger partial charge in [0.1, 0.15) is 0 Å². The minimum Gasteiger partial charge on any atom is -0.309 e. The smallest absolute Gasteiger partial charge is 0.0998 e. The molecule has 194 valence electrons. The van der Waals surface area contributed by atoms with E-state index in [-0.39, 0.29) is 0 Å². The molecule has 0 spiro atoms. The molecule has 8 rings (SSSR count). The van der Waals surface area contributed by atoms with Gasteiger partial charge in [-0.1, -0.05) is 66.7 Å². The predicted octanol–water partition coefficient (Wildman–Crippen LogP) is 9.29. The molecule has 8 aromatic rings. The van der Waals surface area contributed by atoms with E-state index in [1.54, 1.807) is 0 Å². The molecule has 0 fully saturated rings. The number of nitrogens with zero attached hydrogens (tertiary/aromatic N) is 4. The highest BCUT2D eigenvalue weighted by Gasteiger charge is 2.16. The summed E-state index contributed by atoms with van der Waals surface area (Å²) < 4.78 is 4.51. The van der Waals surface area contributed by atoms with Gasteiger partial charge in [0.25, 0.3) is 0 Å². The second-order valence-corrected chi connectivity index (χ2v) is 10.5. The van der Waals surface area contributed by atoms with E-state index in [4.69, 9.17) is 0 Å². The van der Waals surface area contributed by atoms with Crippen molar-refractivity contribution in [2.75, 3.05) is 0 Å². The van der Waals surface area contributed by atoms with Crippen molar-refractivity contribution in [3.8, 4) is 34.6 Å². The minimum absolute atomic E-state index is 0.621. The number of hydrogen-bond acceptors (Lipinski definition) is 2. The first kappa shape index (κ1) is 23.8. The first-order valence-electron chi connectivity index (χ1n) is 13.8. The number of para-hydroxylation sites is 3. The molecule has 0 N–H and O–H groups in total. The Bertz CT molecular complexity index is 2370. The number of fused-ring (bicyclic) bond motifs is 6. The van der Waals surface area contributed by atoms with Crippen LogP contribution in [0.2, 0.25) is 0 Å². The Labute approximate surface area is 242 Å². The number of benzene rings is 6. The highest BCUT2D eigenvalue weighted by molar-refractivity contribution is 6.10. The minimum atomic E-state index is 0.621. The zero-order valence-corrected chi connectivity index (χ0v) is 22.5. The predicted molar refractivity (Wildman–Crippen MR) is 170 cm³/mol. The van der Waals surface area contributed by atoms with Gasteiger partial charge in [-0.25, -0.2) is 0 Å². The van der Waals surface area contributed by atoms with Crippen LogP contribution in [0.15, 0.2) is 133 Å². The van der Waals surface area contributed by atoms with Crippen LogP contribution in [0.4, 0.5) is 0 Å². The van der Waals surface area contributed by atoms with E-state index in [0.717, 1.165) is 55.3 Å². The number of aromatic nitrogens is 2. The summed E-state index contributed by atoms with van der Waals surface area (Å²) in [5.74, 6) is 0. The van der Waals surface area contributed by atoms with Crippen LogP contribution in [0.5, 0.6) is 0 Å². The Morgan fingerprint density at radius 2 is 0.952 bits per heavy atom. The van der Waals surface area contributed by atoms with Crippen molar-refractivity contribution in [1.29, 1.82) is 10.5 Å². The molecule has 0 aliphatic carbocycles. The van der Waals surface area contributed by atoms with Gasteiger partial charge in [0.15, 0.2) is 0 Å². The fourth-order valence-corrected chi connectivity index (χ4v) is 6.32. The lowest BCUT2D eigenvalue weighted by Crippen LogP contribution is -1.97. The summed E-state index contributed by atoms with van der Waals surface area (Å²) in [6.45, 7) is 0. The second-order valence-electron chi connectivity index (χ2n) is 10.5. The SMILES string of the molecule is N#Cc1ccc2c(c1)c1ccccc1n2-c1ccc(C#N)c(-c2ccc(-n3c4ccccc4c4ccccc43)cc2)c1. The Hall–Kier alpha value is -6.10. The van der Waals surface area contributed by atoms with Crippen LogP contribution >= 0.6 is 0 Å². The monoisotopic (exact) mass is 534 g/mol. The van der Waals surface area contributed by atoms with E-state index in [1.165, 1.54) is 10.8 Å². The number of rotatable bonds is 3. The molecular formula is C38H22N4. The molecule has 0 unspecified atom stereocenters. The van der Waals surface area contributed by atoms with Crippen LogP contribution in [-0.4, -0.2) is 9.13 Å². The van der Waals surface area contributed by atoms with Gasteiger partial charge < -0.3 is 9.13 Å². The quantitative estimate of drug-likeness (QED) is 0.227. The topological polar surface area (TPSA) is 57.4 Å². The van der Waals surface area contributed by atoms with Gasteiger partial charge in [0.05, 0.1) is 45.3 Å². The van der Waals surface area contributed by atoms with E-state index >= 15 is 0 Å². The average Bonchev–Trinajstić information content (AvgIpc) is 3.57. The van der Waals surface area contributed by atoms with Crippen LogP contribution in [0, 0.1) is 22.7 Å². The standard InChI is InChI=1S/C38H22N4/c39-23-25-13-20-38-34(21-25)32-9-3-6-12-37(32)42(38)29-19-16-27(24-40)33(22-29)26-14-17-28(18-15-26)41-35-10-4-1-7-30(35)31-8-2-5-11-36(31)41/h1-22H. The lowest BCUT2D eigenvalue weighted by molar-refractivity contribution is 1.17. The Morgan fingerprint density at radius 1 is 0.429 bits per heavy atom. The molecule has 0 atom stereocenters. The molecular weight excluding hydrogens is 512 g/mol. The Morgan fingerprint density at radius 3 is 1.55 bits per heavy atom. The van der Waals surface area contributed by atoms with Gasteiger partial charge in [0.2, 0.25) is 0 Å². The first-order chi connectivity index (χ1) is 20.7. The third-order valence-electron chi connectivity index (χ3n) is 8.20. The highest BCUT2D eigenvalue weighted by Crippen LogP contribution is 2.36. The largest absolute Gasteiger partial charge is 0.309 e. The van der Waals surface area contributed by atoms with Crippen molar-refractivity contribution in [3.05, 3.63) is 145 Å². The zero-order chi connectivity index (χ0) is 28.2.